The SMILES string of the molecule is CCCCc1nn(-c2cccc(C)c2)c(O)c1CCCC. The molecule has 3 heteroatoms. The summed E-state index contributed by atoms with van der Waals surface area (Å²) in [6, 6.07) is 8.11. The van der Waals surface area contributed by atoms with Crippen molar-refractivity contribution in [3.8, 4) is 11.6 Å². The third-order valence-electron chi connectivity index (χ3n) is 3.83. The maximum atomic E-state index is 10.6. The Bertz CT molecular complexity index is 587. The molecule has 1 N–H and O–H groups in total. The average molecular weight is 286 g/mol. The lowest BCUT2D eigenvalue weighted by atomic mass is 10.1. The molecule has 0 saturated carbocycles. The van der Waals surface area contributed by atoms with Crippen molar-refractivity contribution in [2.45, 2.75) is 59.3 Å². The number of hydrogen-bond donors (Lipinski definition) is 1. The molecule has 1 aromatic carbocycles. The Morgan fingerprint density at radius 3 is 2.48 bits per heavy atom. The first kappa shape index (κ1) is 15.6. The van der Waals surface area contributed by atoms with Crippen LogP contribution in [0.25, 0.3) is 5.69 Å². The van der Waals surface area contributed by atoms with Gasteiger partial charge in [-0.05, 0) is 50.3 Å². The van der Waals surface area contributed by atoms with Gasteiger partial charge in [0, 0.05) is 5.56 Å². The predicted octanol–water partition coefficient (Wildman–Crippen LogP) is 4.57. The van der Waals surface area contributed by atoms with Crippen LogP contribution in [0.3, 0.4) is 0 Å². The van der Waals surface area contributed by atoms with Gasteiger partial charge >= 0.3 is 0 Å². The summed E-state index contributed by atoms with van der Waals surface area (Å²) in [5, 5.41) is 15.3. The predicted molar refractivity (Wildman–Crippen MR) is 87.2 cm³/mol. The van der Waals surface area contributed by atoms with E-state index in [-0.39, 0.29) is 0 Å². The normalized spacial score (nSPS) is 11.0. The Labute approximate surface area is 127 Å². The van der Waals surface area contributed by atoms with Gasteiger partial charge in [-0.25, -0.2) is 4.68 Å². The van der Waals surface area contributed by atoms with Gasteiger partial charge in [0.25, 0.3) is 0 Å². The molecule has 0 aliphatic carbocycles. The summed E-state index contributed by atoms with van der Waals surface area (Å²) in [5.41, 5.74) is 4.21. The zero-order valence-corrected chi connectivity index (χ0v) is 13.4. The largest absolute Gasteiger partial charge is 0.493 e. The molecule has 3 nitrogen and oxygen atoms in total. The quantitative estimate of drug-likeness (QED) is 0.809. The molecule has 0 atom stereocenters. The number of aryl methyl sites for hydroxylation is 2. The third kappa shape index (κ3) is 3.66. The summed E-state index contributed by atoms with van der Waals surface area (Å²) >= 11 is 0. The Balaban J connectivity index is 2.39. The van der Waals surface area contributed by atoms with Gasteiger partial charge < -0.3 is 5.11 Å². The zero-order valence-electron chi connectivity index (χ0n) is 13.4. The number of nitrogens with zero attached hydrogens (tertiary/aromatic N) is 2. The van der Waals surface area contributed by atoms with Crippen LogP contribution in [0.15, 0.2) is 24.3 Å². The molecule has 114 valence electrons. The topological polar surface area (TPSA) is 38.0 Å². The molecule has 1 aromatic heterocycles. The molecule has 1 heterocycles. The highest BCUT2D eigenvalue weighted by molar-refractivity contribution is 5.42. The van der Waals surface area contributed by atoms with Gasteiger partial charge in [0.15, 0.2) is 0 Å². The lowest BCUT2D eigenvalue weighted by molar-refractivity contribution is 0.427. The Morgan fingerprint density at radius 1 is 1.10 bits per heavy atom. The first-order valence-electron chi connectivity index (χ1n) is 8.04. The van der Waals surface area contributed by atoms with Crippen LogP contribution in [0.2, 0.25) is 0 Å². The number of aromatic nitrogens is 2. The average Bonchev–Trinajstić information content (AvgIpc) is 2.79. The van der Waals surface area contributed by atoms with E-state index < -0.39 is 0 Å². The minimum Gasteiger partial charge on any atom is -0.493 e. The molecular weight excluding hydrogens is 260 g/mol. The molecule has 0 saturated heterocycles. The van der Waals surface area contributed by atoms with E-state index in [1.54, 1.807) is 4.68 Å². The van der Waals surface area contributed by atoms with Crippen LogP contribution in [0.4, 0.5) is 0 Å². The van der Waals surface area contributed by atoms with Crippen molar-refractivity contribution in [1.82, 2.24) is 9.78 Å². The fourth-order valence-electron chi connectivity index (χ4n) is 2.58. The van der Waals surface area contributed by atoms with E-state index >= 15 is 0 Å². The molecule has 0 amide bonds. The van der Waals surface area contributed by atoms with Crippen molar-refractivity contribution in [2.75, 3.05) is 0 Å². The van der Waals surface area contributed by atoms with Gasteiger partial charge in [-0.2, -0.15) is 5.10 Å². The maximum Gasteiger partial charge on any atom is 0.217 e. The number of hydrogen-bond acceptors (Lipinski definition) is 2. The number of aromatic hydroxyl groups is 1. The highest BCUT2D eigenvalue weighted by atomic mass is 16.3. The van der Waals surface area contributed by atoms with Gasteiger partial charge in [0.2, 0.25) is 5.88 Å². The van der Waals surface area contributed by atoms with Gasteiger partial charge in [-0.15, -0.1) is 0 Å². The van der Waals surface area contributed by atoms with Crippen LogP contribution in [0.1, 0.15) is 56.4 Å². The first-order valence-corrected chi connectivity index (χ1v) is 8.04. The molecule has 0 bridgehead atoms. The van der Waals surface area contributed by atoms with Crippen molar-refractivity contribution in [1.29, 1.82) is 0 Å². The lowest BCUT2D eigenvalue weighted by Crippen LogP contribution is -1.97. The van der Waals surface area contributed by atoms with Gasteiger partial charge in [-0.1, -0.05) is 38.8 Å². The molecule has 0 spiro atoms. The fourth-order valence-corrected chi connectivity index (χ4v) is 2.58. The summed E-state index contributed by atoms with van der Waals surface area (Å²) < 4.78 is 1.70. The molecule has 0 aliphatic heterocycles. The molecule has 0 aliphatic rings. The smallest absolute Gasteiger partial charge is 0.217 e. The van der Waals surface area contributed by atoms with E-state index in [1.807, 2.05) is 12.1 Å². The summed E-state index contributed by atoms with van der Waals surface area (Å²) in [4.78, 5) is 0. The van der Waals surface area contributed by atoms with E-state index in [0.29, 0.717) is 5.88 Å². The van der Waals surface area contributed by atoms with Crippen LogP contribution in [0, 0.1) is 6.92 Å². The van der Waals surface area contributed by atoms with E-state index in [4.69, 9.17) is 0 Å². The summed E-state index contributed by atoms with van der Waals surface area (Å²) in [7, 11) is 0. The monoisotopic (exact) mass is 286 g/mol. The minimum absolute atomic E-state index is 0.320. The number of rotatable bonds is 7. The molecule has 2 aromatic rings. The lowest BCUT2D eigenvalue weighted by Gasteiger charge is -2.04. The Hall–Kier alpha value is -1.77. The molecule has 21 heavy (non-hydrogen) atoms. The van der Waals surface area contributed by atoms with E-state index in [2.05, 4.69) is 38.0 Å². The Kier molecular flexibility index (Phi) is 5.43. The van der Waals surface area contributed by atoms with E-state index in [9.17, 15) is 5.11 Å². The van der Waals surface area contributed by atoms with Crippen molar-refractivity contribution in [2.24, 2.45) is 0 Å². The van der Waals surface area contributed by atoms with Crippen molar-refractivity contribution in [3.05, 3.63) is 41.1 Å². The second kappa shape index (κ2) is 7.30. The van der Waals surface area contributed by atoms with Crippen LogP contribution >= 0.6 is 0 Å². The minimum atomic E-state index is 0.320. The molecule has 0 unspecified atom stereocenters. The van der Waals surface area contributed by atoms with Gasteiger partial charge in [-0.3, -0.25) is 0 Å². The highest BCUT2D eigenvalue weighted by Gasteiger charge is 2.17. The summed E-state index contributed by atoms with van der Waals surface area (Å²) in [5.74, 6) is 0.320. The van der Waals surface area contributed by atoms with Crippen LogP contribution in [-0.2, 0) is 12.8 Å². The van der Waals surface area contributed by atoms with Crippen molar-refractivity contribution >= 4 is 0 Å². The van der Waals surface area contributed by atoms with Gasteiger partial charge in [0.05, 0.1) is 11.4 Å². The zero-order chi connectivity index (χ0) is 15.2. The van der Waals surface area contributed by atoms with Crippen molar-refractivity contribution < 1.29 is 5.11 Å². The number of benzene rings is 1. The molecule has 0 fully saturated rings. The van der Waals surface area contributed by atoms with E-state index in [1.165, 1.54) is 5.56 Å². The number of unbranched alkanes of at least 4 members (excludes halogenated alkanes) is 2. The standard InChI is InChI=1S/C18H26N2O/c1-4-6-11-16-17(12-7-5-2)19-20(18(16)21)15-10-8-9-14(3)13-15/h8-10,13,21H,4-7,11-12H2,1-3H3. The first-order chi connectivity index (χ1) is 10.2. The Morgan fingerprint density at radius 2 is 1.81 bits per heavy atom. The summed E-state index contributed by atoms with van der Waals surface area (Å²) in [6.45, 7) is 6.41. The second-order valence-corrected chi connectivity index (χ2v) is 5.71. The molecular formula is C18H26N2O. The molecule has 2 rings (SSSR count). The van der Waals surface area contributed by atoms with Crippen molar-refractivity contribution in [3.63, 3.8) is 0 Å². The van der Waals surface area contributed by atoms with Gasteiger partial charge in [0.1, 0.15) is 0 Å². The molecule has 0 radical (unpaired) electrons. The fraction of sp³-hybridized carbons (Fsp3) is 0.500. The van der Waals surface area contributed by atoms with Crippen LogP contribution in [0.5, 0.6) is 5.88 Å². The maximum absolute atomic E-state index is 10.6. The van der Waals surface area contributed by atoms with Crippen LogP contribution in [-0.4, -0.2) is 14.9 Å². The highest BCUT2D eigenvalue weighted by Crippen LogP contribution is 2.28. The summed E-state index contributed by atoms with van der Waals surface area (Å²) in [6.07, 6.45) is 6.33. The van der Waals surface area contributed by atoms with E-state index in [0.717, 1.165) is 55.5 Å². The third-order valence-corrected chi connectivity index (χ3v) is 3.83. The van der Waals surface area contributed by atoms with Crippen LogP contribution < -0.4 is 0 Å². The second-order valence-electron chi connectivity index (χ2n) is 5.71.